The number of rotatable bonds is 2. The van der Waals surface area contributed by atoms with E-state index in [0.717, 1.165) is 5.56 Å². The molecule has 0 spiro atoms. The summed E-state index contributed by atoms with van der Waals surface area (Å²) >= 11 is 6.03. The molecule has 1 heterocycles. The van der Waals surface area contributed by atoms with Gasteiger partial charge in [-0.1, -0.05) is 17.7 Å². The summed E-state index contributed by atoms with van der Waals surface area (Å²) in [6.45, 7) is 3.54. The zero-order valence-electron chi connectivity index (χ0n) is 10.3. The first-order valence-electron chi connectivity index (χ1n) is 5.51. The number of halogens is 1. The number of nitrogens with zero attached hydrogens (tertiary/aromatic N) is 2. The van der Waals surface area contributed by atoms with Crippen molar-refractivity contribution in [3.8, 4) is 5.69 Å². The second kappa shape index (κ2) is 4.85. The van der Waals surface area contributed by atoms with E-state index >= 15 is 0 Å². The molecule has 1 N–H and O–H groups in total. The molecule has 98 valence electrons. The Bertz CT molecular complexity index is 722. The number of aryl methyl sites for hydroxylation is 2. The van der Waals surface area contributed by atoms with Gasteiger partial charge in [0.1, 0.15) is 0 Å². The van der Waals surface area contributed by atoms with E-state index in [2.05, 4.69) is 5.10 Å². The topological polar surface area (TPSA) is 72.2 Å². The van der Waals surface area contributed by atoms with Gasteiger partial charge in [0.25, 0.3) is 0 Å². The van der Waals surface area contributed by atoms with E-state index in [9.17, 15) is 9.59 Å². The van der Waals surface area contributed by atoms with Gasteiger partial charge in [0, 0.05) is 16.8 Å². The number of hydrogen-bond donors (Lipinski definition) is 1. The standard InChI is InChI=1S/C13H11ClN2O3/c1-7-3-4-9(6-10(7)14)16-8(2)5-11(17)12(15-16)13(18)19/h3-6H,1-2H3,(H,18,19). The lowest BCUT2D eigenvalue weighted by atomic mass is 10.2. The van der Waals surface area contributed by atoms with Gasteiger partial charge in [0.15, 0.2) is 0 Å². The van der Waals surface area contributed by atoms with Crippen LogP contribution in [0.15, 0.2) is 29.1 Å². The van der Waals surface area contributed by atoms with E-state index in [4.69, 9.17) is 16.7 Å². The minimum Gasteiger partial charge on any atom is -0.476 e. The van der Waals surface area contributed by atoms with Crippen LogP contribution in [0.2, 0.25) is 5.02 Å². The zero-order chi connectivity index (χ0) is 14.2. The molecule has 0 unspecified atom stereocenters. The molecular weight excluding hydrogens is 268 g/mol. The number of benzene rings is 1. The predicted molar refractivity (Wildman–Crippen MR) is 71.3 cm³/mol. The Morgan fingerprint density at radius 1 is 1.32 bits per heavy atom. The number of aromatic nitrogens is 2. The van der Waals surface area contributed by atoms with Gasteiger partial charge in [0.05, 0.1) is 5.69 Å². The molecule has 2 rings (SSSR count). The highest BCUT2D eigenvalue weighted by atomic mass is 35.5. The van der Waals surface area contributed by atoms with Crippen LogP contribution in [0.25, 0.3) is 5.69 Å². The average molecular weight is 279 g/mol. The van der Waals surface area contributed by atoms with Crippen molar-refractivity contribution in [2.75, 3.05) is 0 Å². The fourth-order valence-electron chi connectivity index (χ4n) is 1.67. The first-order valence-corrected chi connectivity index (χ1v) is 5.89. The van der Waals surface area contributed by atoms with Crippen LogP contribution in [0.1, 0.15) is 21.7 Å². The SMILES string of the molecule is Cc1ccc(-n2nc(C(=O)O)c(=O)cc2C)cc1Cl. The highest BCUT2D eigenvalue weighted by molar-refractivity contribution is 6.31. The minimum absolute atomic E-state index is 0.512. The smallest absolute Gasteiger partial charge is 0.360 e. The summed E-state index contributed by atoms with van der Waals surface area (Å²) in [6, 6.07) is 6.48. The fourth-order valence-corrected chi connectivity index (χ4v) is 1.85. The Morgan fingerprint density at radius 2 is 2.00 bits per heavy atom. The summed E-state index contributed by atoms with van der Waals surface area (Å²) in [5.41, 5.74) is 0.926. The van der Waals surface area contributed by atoms with Crippen molar-refractivity contribution in [2.24, 2.45) is 0 Å². The molecule has 0 amide bonds. The molecular formula is C13H11ClN2O3. The predicted octanol–water partition coefficient (Wildman–Crippen LogP) is 2.20. The van der Waals surface area contributed by atoms with Crippen LogP contribution in [-0.2, 0) is 0 Å². The van der Waals surface area contributed by atoms with Gasteiger partial charge in [-0.2, -0.15) is 5.10 Å². The lowest BCUT2D eigenvalue weighted by Gasteiger charge is -2.11. The fraction of sp³-hybridized carbons (Fsp3) is 0.154. The molecule has 1 aromatic carbocycles. The van der Waals surface area contributed by atoms with Crippen molar-refractivity contribution in [1.82, 2.24) is 9.78 Å². The second-order valence-corrected chi connectivity index (χ2v) is 4.56. The normalized spacial score (nSPS) is 10.5. The van der Waals surface area contributed by atoms with Gasteiger partial charge < -0.3 is 5.11 Å². The van der Waals surface area contributed by atoms with Gasteiger partial charge in [0.2, 0.25) is 11.1 Å². The summed E-state index contributed by atoms with van der Waals surface area (Å²) in [5.74, 6) is -1.35. The molecule has 0 saturated carbocycles. The molecule has 0 radical (unpaired) electrons. The van der Waals surface area contributed by atoms with Crippen molar-refractivity contribution in [3.05, 3.63) is 56.5 Å². The summed E-state index contributed by atoms with van der Waals surface area (Å²) < 4.78 is 1.39. The molecule has 0 aliphatic rings. The van der Waals surface area contributed by atoms with Crippen LogP contribution in [0.3, 0.4) is 0 Å². The molecule has 19 heavy (non-hydrogen) atoms. The maximum atomic E-state index is 11.5. The van der Waals surface area contributed by atoms with E-state index in [1.165, 1.54) is 10.7 Å². The molecule has 0 fully saturated rings. The van der Waals surface area contributed by atoms with Gasteiger partial charge in [-0.25, -0.2) is 9.48 Å². The molecule has 0 bridgehead atoms. The van der Waals surface area contributed by atoms with Crippen molar-refractivity contribution in [2.45, 2.75) is 13.8 Å². The largest absolute Gasteiger partial charge is 0.476 e. The number of carbonyl (C=O) groups is 1. The average Bonchev–Trinajstić information content (AvgIpc) is 2.32. The molecule has 6 heteroatoms. The monoisotopic (exact) mass is 278 g/mol. The number of carboxylic acid groups (broad SMARTS) is 1. The highest BCUT2D eigenvalue weighted by Crippen LogP contribution is 2.19. The Kier molecular flexibility index (Phi) is 3.40. The Hall–Kier alpha value is -2.14. The van der Waals surface area contributed by atoms with Crippen molar-refractivity contribution >= 4 is 17.6 Å². The number of carboxylic acids is 1. The van der Waals surface area contributed by atoms with E-state index in [-0.39, 0.29) is 0 Å². The second-order valence-electron chi connectivity index (χ2n) is 4.15. The third-order valence-corrected chi connectivity index (χ3v) is 3.12. The van der Waals surface area contributed by atoms with Crippen molar-refractivity contribution < 1.29 is 9.90 Å². The quantitative estimate of drug-likeness (QED) is 0.914. The van der Waals surface area contributed by atoms with Crippen LogP contribution in [0, 0.1) is 13.8 Å². The van der Waals surface area contributed by atoms with E-state index in [1.807, 2.05) is 6.92 Å². The van der Waals surface area contributed by atoms with Gasteiger partial charge in [-0.15, -0.1) is 0 Å². The van der Waals surface area contributed by atoms with Crippen LogP contribution in [-0.4, -0.2) is 20.9 Å². The third kappa shape index (κ3) is 2.51. The van der Waals surface area contributed by atoms with Gasteiger partial charge in [-0.3, -0.25) is 4.79 Å². The maximum absolute atomic E-state index is 11.5. The van der Waals surface area contributed by atoms with Crippen molar-refractivity contribution in [1.29, 1.82) is 0 Å². The molecule has 1 aromatic heterocycles. The minimum atomic E-state index is -1.35. The summed E-state index contributed by atoms with van der Waals surface area (Å²) in [7, 11) is 0. The van der Waals surface area contributed by atoms with E-state index in [1.54, 1.807) is 25.1 Å². The van der Waals surface area contributed by atoms with Crippen LogP contribution < -0.4 is 5.43 Å². The summed E-state index contributed by atoms with van der Waals surface area (Å²) in [5, 5.41) is 13.3. The lowest BCUT2D eigenvalue weighted by Crippen LogP contribution is -2.22. The molecule has 0 aliphatic carbocycles. The third-order valence-electron chi connectivity index (χ3n) is 2.71. The molecule has 5 nitrogen and oxygen atoms in total. The molecule has 0 atom stereocenters. The van der Waals surface area contributed by atoms with Crippen molar-refractivity contribution in [3.63, 3.8) is 0 Å². The molecule has 0 aliphatic heterocycles. The van der Waals surface area contributed by atoms with Crippen LogP contribution in [0.5, 0.6) is 0 Å². The maximum Gasteiger partial charge on any atom is 0.360 e. The zero-order valence-corrected chi connectivity index (χ0v) is 11.1. The lowest BCUT2D eigenvalue weighted by molar-refractivity contribution is 0.0686. The van der Waals surface area contributed by atoms with Gasteiger partial charge >= 0.3 is 5.97 Å². The van der Waals surface area contributed by atoms with Crippen LogP contribution in [0.4, 0.5) is 0 Å². The first-order chi connectivity index (χ1) is 8.90. The van der Waals surface area contributed by atoms with Gasteiger partial charge in [-0.05, 0) is 31.5 Å². The molecule has 2 aromatic rings. The van der Waals surface area contributed by atoms with Crippen LogP contribution >= 0.6 is 11.6 Å². The van der Waals surface area contributed by atoms with E-state index < -0.39 is 17.1 Å². The number of hydrogen-bond acceptors (Lipinski definition) is 3. The summed E-state index contributed by atoms with van der Waals surface area (Å²) in [6.07, 6.45) is 0. The highest BCUT2D eigenvalue weighted by Gasteiger charge is 2.14. The number of aromatic carboxylic acids is 1. The van der Waals surface area contributed by atoms with E-state index in [0.29, 0.717) is 16.4 Å². The Morgan fingerprint density at radius 3 is 2.58 bits per heavy atom. The molecule has 0 saturated heterocycles. The summed E-state index contributed by atoms with van der Waals surface area (Å²) in [4.78, 5) is 22.4. The Balaban J connectivity index is 2.68. The first kappa shape index (κ1) is 13.3. The Labute approximate surface area is 114 Å².